The Balaban J connectivity index is 1.29. The first-order valence-corrected chi connectivity index (χ1v) is 13.8. The number of aromatic amines is 1. The molecule has 39 heavy (non-hydrogen) atoms. The van der Waals surface area contributed by atoms with E-state index in [-0.39, 0.29) is 17.5 Å². The zero-order chi connectivity index (χ0) is 27.3. The van der Waals surface area contributed by atoms with Crippen LogP contribution in [0, 0.1) is 5.92 Å². The van der Waals surface area contributed by atoms with E-state index in [1.54, 1.807) is 29.0 Å². The molecule has 0 unspecified atom stereocenters. The van der Waals surface area contributed by atoms with E-state index in [1.165, 1.54) is 4.57 Å². The number of H-pyrrole nitrogens is 1. The molecule has 10 heteroatoms. The van der Waals surface area contributed by atoms with Crippen molar-refractivity contribution in [2.75, 3.05) is 18.0 Å². The maximum Gasteiger partial charge on any atom is 0.335 e. The first kappa shape index (κ1) is 25.3. The highest BCUT2D eigenvalue weighted by atomic mass is 35.5. The summed E-state index contributed by atoms with van der Waals surface area (Å²) in [7, 11) is 0. The zero-order valence-electron chi connectivity index (χ0n) is 21.9. The molecule has 4 aromatic rings. The second-order valence-corrected chi connectivity index (χ2v) is 10.9. The van der Waals surface area contributed by atoms with Crippen molar-refractivity contribution in [3.63, 3.8) is 0 Å². The zero-order valence-corrected chi connectivity index (χ0v) is 22.7. The second-order valence-electron chi connectivity index (χ2n) is 10.5. The van der Waals surface area contributed by atoms with Crippen LogP contribution in [0.25, 0.3) is 16.6 Å². The number of hydrogen-bond acceptors (Lipinski definition) is 5. The van der Waals surface area contributed by atoms with Crippen molar-refractivity contribution in [1.82, 2.24) is 19.4 Å². The van der Waals surface area contributed by atoms with Gasteiger partial charge in [0.15, 0.2) is 0 Å². The van der Waals surface area contributed by atoms with Gasteiger partial charge in [-0.2, -0.15) is 0 Å². The van der Waals surface area contributed by atoms with Gasteiger partial charge < -0.3 is 20.3 Å². The van der Waals surface area contributed by atoms with Crippen molar-refractivity contribution in [3.05, 3.63) is 75.4 Å². The van der Waals surface area contributed by atoms with Crippen LogP contribution in [0.4, 0.5) is 5.69 Å². The van der Waals surface area contributed by atoms with Gasteiger partial charge in [0, 0.05) is 53.9 Å². The molecule has 9 nitrogen and oxygen atoms in total. The third-order valence-corrected chi connectivity index (χ3v) is 7.90. The Morgan fingerprint density at radius 3 is 2.67 bits per heavy atom. The van der Waals surface area contributed by atoms with Crippen molar-refractivity contribution in [2.45, 2.75) is 45.7 Å². The number of fused-ring (bicyclic) bond motifs is 2. The lowest BCUT2D eigenvalue weighted by molar-refractivity contribution is 0.0928. The summed E-state index contributed by atoms with van der Waals surface area (Å²) in [5, 5.41) is 15.7. The number of aromatic hydroxyl groups is 1. The van der Waals surface area contributed by atoms with Crippen LogP contribution in [0.15, 0.2) is 58.4 Å². The average Bonchev–Trinajstić information content (AvgIpc) is 3.45. The van der Waals surface area contributed by atoms with Crippen LogP contribution in [-0.4, -0.2) is 44.1 Å². The summed E-state index contributed by atoms with van der Waals surface area (Å²) < 4.78 is 2.89. The van der Waals surface area contributed by atoms with E-state index < -0.39 is 6.04 Å². The largest absolute Gasteiger partial charge is 0.493 e. The van der Waals surface area contributed by atoms with Crippen LogP contribution in [-0.2, 0) is 6.54 Å². The topological polar surface area (TPSA) is 108 Å². The number of imidazole rings is 1. The molecular weight excluding hydrogens is 516 g/mol. The quantitative estimate of drug-likeness (QED) is 0.327. The summed E-state index contributed by atoms with van der Waals surface area (Å²) in [4.78, 5) is 36.6. The molecule has 202 valence electrons. The molecule has 2 aliphatic rings. The van der Waals surface area contributed by atoms with Gasteiger partial charge in [0.2, 0.25) is 5.88 Å². The number of carbonyl (C=O) groups is 1. The molecule has 4 heterocycles. The molecule has 0 spiro atoms. The molecule has 2 aromatic heterocycles. The van der Waals surface area contributed by atoms with Gasteiger partial charge in [0.1, 0.15) is 11.5 Å². The van der Waals surface area contributed by atoms with Crippen LogP contribution < -0.4 is 15.9 Å². The summed E-state index contributed by atoms with van der Waals surface area (Å²) in [5.74, 6) is 0.941. The van der Waals surface area contributed by atoms with E-state index in [4.69, 9.17) is 16.6 Å². The van der Waals surface area contributed by atoms with Gasteiger partial charge >= 0.3 is 5.69 Å². The number of aromatic nitrogens is 3. The molecule has 0 fully saturated rings. The first-order valence-electron chi connectivity index (χ1n) is 13.4. The number of rotatable bonds is 5. The molecule has 0 radical (unpaired) electrons. The molecule has 1 atom stereocenters. The van der Waals surface area contributed by atoms with Gasteiger partial charge in [0.25, 0.3) is 5.91 Å². The van der Waals surface area contributed by atoms with Gasteiger partial charge in [-0.05, 0) is 55.7 Å². The molecule has 1 amide bonds. The minimum absolute atomic E-state index is 0.147. The minimum Gasteiger partial charge on any atom is -0.493 e. The number of nitrogens with zero attached hydrogens (tertiary/aromatic N) is 4. The number of carbonyl (C=O) groups excluding carboxylic acids is 1. The van der Waals surface area contributed by atoms with Crippen LogP contribution in [0.1, 0.15) is 55.2 Å². The van der Waals surface area contributed by atoms with Crippen molar-refractivity contribution in [2.24, 2.45) is 10.9 Å². The van der Waals surface area contributed by atoms with Gasteiger partial charge in [-0.25, -0.2) is 9.36 Å². The SMILES string of the molecule is CC(C)C1=NCCCN1c1ccc(-n2c(O)c3n(c2=O)CCC[C@H]3NC(=O)c2ccc3c(Cl)c[nH]c3c2)cc1. The van der Waals surface area contributed by atoms with E-state index in [2.05, 4.69) is 29.0 Å². The number of anilines is 1. The van der Waals surface area contributed by atoms with Crippen molar-refractivity contribution >= 4 is 39.9 Å². The Bertz CT molecular complexity index is 1650. The second kappa shape index (κ2) is 9.96. The van der Waals surface area contributed by atoms with Crippen LogP contribution >= 0.6 is 11.6 Å². The Labute approximate surface area is 230 Å². The minimum atomic E-state index is -0.499. The number of amides is 1. The highest BCUT2D eigenvalue weighted by Crippen LogP contribution is 2.34. The monoisotopic (exact) mass is 546 g/mol. The summed E-state index contributed by atoms with van der Waals surface area (Å²) in [6.45, 7) is 6.49. The van der Waals surface area contributed by atoms with Crippen LogP contribution in [0.5, 0.6) is 5.88 Å². The van der Waals surface area contributed by atoms with Crippen LogP contribution in [0.3, 0.4) is 0 Å². The molecule has 0 bridgehead atoms. The Hall–Kier alpha value is -3.98. The number of amidine groups is 1. The summed E-state index contributed by atoms with van der Waals surface area (Å²) in [6, 6.07) is 12.4. The number of halogens is 1. The number of hydrogen-bond donors (Lipinski definition) is 3. The molecule has 2 aliphatic heterocycles. The lowest BCUT2D eigenvalue weighted by Gasteiger charge is -2.31. The first-order chi connectivity index (χ1) is 18.8. The number of benzene rings is 2. The normalized spacial score (nSPS) is 17.4. The lowest BCUT2D eigenvalue weighted by atomic mass is 10.0. The van der Waals surface area contributed by atoms with E-state index in [9.17, 15) is 14.7 Å². The van der Waals surface area contributed by atoms with Gasteiger partial charge in [-0.1, -0.05) is 31.5 Å². The molecule has 0 saturated carbocycles. The average molecular weight is 547 g/mol. The summed E-state index contributed by atoms with van der Waals surface area (Å²) in [6.07, 6.45) is 4.00. The predicted molar refractivity (Wildman–Crippen MR) is 154 cm³/mol. The number of aliphatic imine (C=N–C) groups is 1. The fraction of sp³-hybridized carbons (Fsp3) is 0.345. The molecular formula is C29H31ClN6O3. The van der Waals surface area contributed by atoms with Crippen molar-refractivity contribution < 1.29 is 9.90 Å². The molecule has 6 rings (SSSR count). The molecule has 0 saturated heterocycles. The van der Waals surface area contributed by atoms with Gasteiger partial charge in [-0.3, -0.25) is 14.4 Å². The Morgan fingerprint density at radius 2 is 1.90 bits per heavy atom. The van der Waals surface area contributed by atoms with E-state index in [0.29, 0.717) is 47.3 Å². The van der Waals surface area contributed by atoms with Crippen LogP contribution in [0.2, 0.25) is 5.02 Å². The smallest absolute Gasteiger partial charge is 0.335 e. The fourth-order valence-electron chi connectivity index (χ4n) is 5.71. The van der Waals surface area contributed by atoms with E-state index in [1.807, 2.05) is 24.3 Å². The van der Waals surface area contributed by atoms with E-state index >= 15 is 0 Å². The molecule has 0 aliphatic carbocycles. The standard InChI is InChI=1S/C29H31ClN6O3/c1-17(2)26-31-12-4-14-34(26)19-7-9-20(10-8-19)36-28(38)25-23(5-3-13-35(25)29(36)39)33-27(37)18-6-11-21-22(30)16-32-24(21)15-18/h6-11,15-17,23,32,38H,3-5,12-14H2,1-2H3,(H,33,37)/t23-/m1/s1. The fourth-order valence-corrected chi connectivity index (χ4v) is 5.93. The van der Waals surface area contributed by atoms with Gasteiger partial charge in [-0.15, -0.1) is 0 Å². The third kappa shape index (κ3) is 4.40. The molecule has 2 aromatic carbocycles. The van der Waals surface area contributed by atoms with Gasteiger partial charge in [0.05, 0.1) is 16.8 Å². The Morgan fingerprint density at radius 1 is 1.13 bits per heavy atom. The molecule has 3 N–H and O–H groups in total. The summed E-state index contributed by atoms with van der Waals surface area (Å²) in [5.41, 5.74) is 2.92. The maximum atomic E-state index is 13.4. The van der Waals surface area contributed by atoms with Crippen molar-refractivity contribution in [1.29, 1.82) is 0 Å². The highest BCUT2D eigenvalue weighted by Gasteiger charge is 2.31. The summed E-state index contributed by atoms with van der Waals surface area (Å²) >= 11 is 6.17. The van der Waals surface area contributed by atoms with Crippen molar-refractivity contribution in [3.8, 4) is 11.6 Å². The third-order valence-electron chi connectivity index (χ3n) is 7.58. The lowest BCUT2D eigenvalue weighted by Crippen LogP contribution is -2.38. The maximum absolute atomic E-state index is 13.4. The van der Waals surface area contributed by atoms with E-state index in [0.717, 1.165) is 41.9 Å². The Kier molecular flexibility index (Phi) is 6.46. The predicted octanol–water partition coefficient (Wildman–Crippen LogP) is 5.01. The highest BCUT2D eigenvalue weighted by molar-refractivity contribution is 6.35. The number of nitrogens with one attached hydrogen (secondary N) is 2.